The van der Waals surface area contributed by atoms with Crippen LogP contribution in [0, 0.1) is 0 Å². The third kappa shape index (κ3) is 3.80. The van der Waals surface area contributed by atoms with Crippen molar-refractivity contribution in [2.45, 2.75) is 45.8 Å². The van der Waals surface area contributed by atoms with E-state index in [0.29, 0.717) is 5.92 Å². The number of benzene rings is 1. The van der Waals surface area contributed by atoms with E-state index in [1.54, 1.807) is 0 Å². The maximum Gasteiger partial charge on any atom is 0.120 e. The first kappa shape index (κ1) is 15.9. The highest BCUT2D eigenvalue weighted by Crippen LogP contribution is 2.32. The van der Waals surface area contributed by atoms with Crippen LogP contribution in [0.2, 0.25) is 0 Å². The summed E-state index contributed by atoms with van der Waals surface area (Å²) in [5.41, 5.74) is 2.23. The Balaban J connectivity index is 2.35. The summed E-state index contributed by atoms with van der Waals surface area (Å²) >= 11 is 1.46. The van der Waals surface area contributed by atoms with Crippen molar-refractivity contribution in [1.29, 1.82) is 0 Å². The van der Waals surface area contributed by atoms with Crippen molar-refractivity contribution in [2.24, 2.45) is 0 Å². The molecule has 114 valence electrons. The van der Waals surface area contributed by atoms with Crippen LogP contribution in [0.1, 0.15) is 55.8 Å². The average molecular weight is 305 g/mol. The van der Waals surface area contributed by atoms with E-state index in [2.05, 4.69) is 40.9 Å². The molecule has 1 heterocycles. The zero-order chi connectivity index (χ0) is 15.4. The van der Waals surface area contributed by atoms with Gasteiger partial charge in [0.25, 0.3) is 0 Å². The fraction of sp³-hybridized carbons (Fsp3) is 0.500. The van der Waals surface area contributed by atoms with Crippen molar-refractivity contribution in [2.75, 3.05) is 7.05 Å². The van der Waals surface area contributed by atoms with Crippen molar-refractivity contribution in [3.8, 4) is 5.75 Å². The van der Waals surface area contributed by atoms with Crippen molar-refractivity contribution in [3.05, 3.63) is 40.4 Å². The van der Waals surface area contributed by atoms with Gasteiger partial charge in [0, 0.05) is 0 Å². The molecule has 2 aromatic rings. The molecule has 1 N–H and O–H groups in total. The van der Waals surface area contributed by atoms with E-state index in [9.17, 15) is 0 Å². The molecule has 0 radical (unpaired) electrons. The molecule has 4 nitrogen and oxygen atoms in total. The Bertz CT molecular complexity index is 580. The topological polar surface area (TPSA) is 47.0 Å². The Morgan fingerprint density at radius 3 is 2.57 bits per heavy atom. The van der Waals surface area contributed by atoms with Gasteiger partial charge in [-0.3, -0.25) is 0 Å². The van der Waals surface area contributed by atoms with Crippen molar-refractivity contribution < 1.29 is 4.74 Å². The van der Waals surface area contributed by atoms with Crippen LogP contribution in [0.5, 0.6) is 5.75 Å². The molecule has 1 atom stereocenters. The first-order valence-corrected chi connectivity index (χ1v) is 8.06. The van der Waals surface area contributed by atoms with E-state index in [4.69, 9.17) is 4.74 Å². The van der Waals surface area contributed by atoms with Crippen LogP contribution >= 0.6 is 11.5 Å². The number of ether oxygens (including phenoxy) is 1. The summed E-state index contributed by atoms with van der Waals surface area (Å²) in [5, 5.41) is 7.65. The van der Waals surface area contributed by atoms with Gasteiger partial charge in [-0.15, -0.1) is 5.10 Å². The molecule has 0 amide bonds. The minimum atomic E-state index is 0.0955. The van der Waals surface area contributed by atoms with Gasteiger partial charge in [-0.2, -0.15) is 0 Å². The molecule has 0 saturated carbocycles. The maximum atomic E-state index is 5.79. The number of hydrogen-bond donors (Lipinski definition) is 1. The Morgan fingerprint density at radius 1 is 1.19 bits per heavy atom. The van der Waals surface area contributed by atoms with Crippen LogP contribution in [-0.4, -0.2) is 22.7 Å². The summed E-state index contributed by atoms with van der Waals surface area (Å²) in [4.78, 5) is 1.18. The van der Waals surface area contributed by atoms with Gasteiger partial charge in [-0.1, -0.05) is 30.5 Å². The highest BCUT2D eigenvalue weighted by Gasteiger charge is 2.21. The molecule has 1 aromatic carbocycles. The molecule has 21 heavy (non-hydrogen) atoms. The van der Waals surface area contributed by atoms with Crippen LogP contribution < -0.4 is 10.1 Å². The predicted molar refractivity (Wildman–Crippen MR) is 87.1 cm³/mol. The summed E-state index contributed by atoms with van der Waals surface area (Å²) in [5.74, 6) is 1.26. The second kappa shape index (κ2) is 7.00. The summed E-state index contributed by atoms with van der Waals surface area (Å²) in [6.45, 7) is 8.36. The minimum absolute atomic E-state index is 0.0955. The van der Waals surface area contributed by atoms with Gasteiger partial charge < -0.3 is 10.1 Å². The molecule has 0 aliphatic rings. The molecular weight excluding hydrogens is 282 g/mol. The lowest BCUT2D eigenvalue weighted by molar-refractivity contribution is 0.242. The van der Waals surface area contributed by atoms with Crippen LogP contribution in [-0.2, 0) is 0 Å². The fourth-order valence-electron chi connectivity index (χ4n) is 2.29. The van der Waals surface area contributed by atoms with Gasteiger partial charge in [0.05, 0.1) is 22.7 Å². The SMILES string of the molecule is CNC(c1cccc(OC(C)C)c1)c1snnc1C(C)C. The Kier molecular flexibility index (Phi) is 5.31. The van der Waals surface area contributed by atoms with E-state index in [0.717, 1.165) is 11.4 Å². The van der Waals surface area contributed by atoms with E-state index in [1.807, 2.05) is 33.0 Å². The third-order valence-electron chi connectivity index (χ3n) is 3.20. The van der Waals surface area contributed by atoms with Crippen LogP contribution in [0.25, 0.3) is 0 Å². The summed E-state index contributed by atoms with van der Waals surface area (Å²) < 4.78 is 9.92. The van der Waals surface area contributed by atoms with Crippen molar-refractivity contribution >= 4 is 11.5 Å². The lowest BCUT2D eigenvalue weighted by Gasteiger charge is -2.18. The monoisotopic (exact) mass is 305 g/mol. The molecule has 5 heteroatoms. The van der Waals surface area contributed by atoms with E-state index >= 15 is 0 Å². The number of nitrogens with zero attached hydrogens (tertiary/aromatic N) is 2. The molecule has 2 rings (SSSR count). The fourth-order valence-corrected chi connectivity index (χ4v) is 3.24. The average Bonchev–Trinajstić information content (AvgIpc) is 2.88. The second-order valence-electron chi connectivity index (χ2n) is 5.64. The lowest BCUT2D eigenvalue weighted by atomic mass is 10.00. The highest BCUT2D eigenvalue weighted by molar-refractivity contribution is 7.05. The largest absolute Gasteiger partial charge is 0.491 e. The highest BCUT2D eigenvalue weighted by atomic mass is 32.1. The zero-order valence-corrected chi connectivity index (χ0v) is 14.1. The summed E-state index contributed by atoms with van der Waals surface area (Å²) in [6, 6.07) is 8.31. The molecule has 0 fully saturated rings. The molecular formula is C16H23N3OS. The van der Waals surface area contributed by atoms with Crippen molar-refractivity contribution in [3.63, 3.8) is 0 Å². The van der Waals surface area contributed by atoms with Gasteiger partial charge in [0.15, 0.2) is 0 Å². The molecule has 0 saturated heterocycles. The Hall–Kier alpha value is -1.46. The molecule has 0 bridgehead atoms. The Morgan fingerprint density at radius 2 is 1.95 bits per heavy atom. The summed E-state index contributed by atoms with van der Waals surface area (Å²) in [7, 11) is 1.96. The number of nitrogens with one attached hydrogen (secondary N) is 1. The van der Waals surface area contributed by atoms with E-state index < -0.39 is 0 Å². The van der Waals surface area contributed by atoms with Gasteiger partial charge in [-0.05, 0) is 56.0 Å². The molecule has 0 aliphatic carbocycles. The standard InChI is InChI=1S/C16H23N3OS/c1-10(2)14-16(21-19-18-14)15(17-5)12-7-6-8-13(9-12)20-11(3)4/h6-11,15,17H,1-5H3. The van der Waals surface area contributed by atoms with Gasteiger partial charge in [0.1, 0.15) is 5.75 Å². The quantitative estimate of drug-likeness (QED) is 0.883. The summed E-state index contributed by atoms with van der Waals surface area (Å²) in [6.07, 6.45) is 0.171. The molecule has 0 aliphatic heterocycles. The zero-order valence-electron chi connectivity index (χ0n) is 13.3. The number of aromatic nitrogens is 2. The van der Waals surface area contributed by atoms with Gasteiger partial charge in [-0.25, -0.2) is 0 Å². The normalized spacial score (nSPS) is 12.9. The smallest absolute Gasteiger partial charge is 0.120 e. The van der Waals surface area contributed by atoms with Crippen LogP contribution in [0.3, 0.4) is 0 Å². The number of hydrogen-bond acceptors (Lipinski definition) is 5. The maximum absolute atomic E-state index is 5.79. The molecule has 1 unspecified atom stereocenters. The van der Waals surface area contributed by atoms with Gasteiger partial charge >= 0.3 is 0 Å². The Labute approximate surface area is 130 Å². The third-order valence-corrected chi connectivity index (χ3v) is 4.01. The lowest BCUT2D eigenvalue weighted by Crippen LogP contribution is -2.18. The van der Waals surface area contributed by atoms with Crippen LogP contribution in [0.4, 0.5) is 0 Å². The van der Waals surface area contributed by atoms with E-state index in [-0.39, 0.29) is 12.1 Å². The minimum Gasteiger partial charge on any atom is -0.491 e. The van der Waals surface area contributed by atoms with Crippen LogP contribution in [0.15, 0.2) is 24.3 Å². The number of rotatable bonds is 6. The first-order chi connectivity index (χ1) is 10.0. The predicted octanol–water partition coefficient (Wildman–Crippen LogP) is 3.76. The van der Waals surface area contributed by atoms with E-state index in [1.165, 1.54) is 22.0 Å². The van der Waals surface area contributed by atoms with Crippen molar-refractivity contribution in [1.82, 2.24) is 14.9 Å². The second-order valence-corrected chi connectivity index (χ2v) is 6.42. The molecule has 0 spiro atoms. The van der Waals surface area contributed by atoms with Gasteiger partial charge in [0.2, 0.25) is 0 Å². The first-order valence-electron chi connectivity index (χ1n) is 7.29. The molecule has 1 aromatic heterocycles.